The summed E-state index contributed by atoms with van der Waals surface area (Å²) in [6.07, 6.45) is 1.40. The molecule has 3 N–H and O–H groups in total. The molecule has 2 rings (SSSR count). The fraction of sp³-hybridized carbons (Fsp3) is 0.231. The van der Waals surface area contributed by atoms with Crippen LogP contribution in [0.4, 0.5) is 5.82 Å². The van der Waals surface area contributed by atoms with Crippen LogP contribution >= 0.6 is 15.9 Å². The van der Waals surface area contributed by atoms with Crippen molar-refractivity contribution in [2.45, 2.75) is 13.1 Å². The minimum atomic E-state index is -0.187. The Labute approximate surface area is 119 Å². The largest absolute Gasteiger partial charge is 0.354 e. The number of hydrogen-bond donors (Lipinski definition) is 2. The Bertz CT molecular complexity index is 626. The van der Waals surface area contributed by atoms with Gasteiger partial charge in [0, 0.05) is 20.1 Å². The molecule has 0 saturated carbocycles. The topological polar surface area (TPSA) is 75.0 Å². The van der Waals surface area contributed by atoms with Crippen LogP contribution in [0.2, 0.25) is 0 Å². The molecule has 0 bridgehead atoms. The summed E-state index contributed by atoms with van der Waals surface area (Å²) in [4.78, 5) is 20.1. The van der Waals surface area contributed by atoms with Crippen LogP contribution in [-0.2, 0) is 13.1 Å². The Kier molecular flexibility index (Phi) is 4.34. The van der Waals surface area contributed by atoms with E-state index in [-0.39, 0.29) is 5.56 Å². The van der Waals surface area contributed by atoms with Gasteiger partial charge in [-0.3, -0.25) is 4.79 Å². The van der Waals surface area contributed by atoms with Gasteiger partial charge in [-0.15, -0.1) is 0 Å². The molecule has 0 aliphatic carbocycles. The van der Waals surface area contributed by atoms with Gasteiger partial charge in [0.05, 0.1) is 6.33 Å². The zero-order chi connectivity index (χ0) is 13.8. The van der Waals surface area contributed by atoms with Crippen molar-refractivity contribution in [3.8, 4) is 0 Å². The lowest BCUT2D eigenvalue weighted by molar-refractivity contribution is 0.877. The van der Waals surface area contributed by atoms with Crippen molar-refractivity contribution in [1.82, 2.24) is 9.97 Å². The average molecular weight is 323 g/mol. The lowest BCUT2D eigenvalue weighted by Crippen LogP contribution is -2.22. The van der Waals surface area contributed by atoms with Gasteiger partial charge in [0.25, 0.3) is 5.56 Å². The molecule has 0 aliphatic rings. The summed E-state index contributed by atoms with van der Waals surface area (Å²) in [6, 6.07) is 8.05. The molecule has 0 spiro atoms. The van der Waals surface area contributed by atoms with Crippen LogP contribution in [0.3, 0.4) is 0 Å². The van der Waals surface area contributed by atoms with Crippen LogP contribution < -0.4 is 16.2 Å². The number of aromatic amines is 1. The summed E-state index contributed by atoms with van der Waals surface area (Å²) in [6.45, 7) is 1.17. The van der Waals surface area contributed by atoms with Gasteiger partial charge < -0.3 is 15.6 Å². The second-order valence-electron chi connectivity index (χ2n) is 4.25. The summed E-state index contributed by atoms with van der Waals surface area (Å²) < 4.78 is 0.437. The van der Waals surface area contributed by atoms with Crippen LogP contribution in [0, 0.1) is 0 Å². The summed E-state index contributed by atoms with van der Waals surface area (Å²) >= 11 is 3.25. The smallest absolute Gasteiger partial charge is 0.267 e. The molecule has 1 heterocycles. The van der Waals surface area contributed by atoms with Gasteiger partial charge in [0.1, 0.15) is 10.3 Å². The van der Waals surface area contributed by atoms with E-state index in [1.54, 1.807) is 0 Å². The standard InChI is InChI=1S/C13H15BrN4O/c1-18(12-11(14)13(19)17-8-16-12)7-10-4-2-3-9(5-10)6-15/h2-5,8H,6-7,15H2,1H3,(H,16,17,19). The minimum Gasteiger partial charge on any atom is -0.354 e. The molecule has 2 aromatic rings. The number of anilines is 1. The van der Waals surface area contributed by atoms with Crippen molar-refractivity contribution < 1.29 is 0 Å². The fourth-order valence-corrected chi connectivity index (χ4v) is 2.36. The van der Waals surface area contributed by atoms with Crippen molar-refractivity contribution in [2.75, 3.05) is 11.9 Å². The molecule has 0 amide bonds. The number of nitrogens with two attached hydrogens (primary N) is 1. The normalized spacial score (nSPS) is 10.5. The lowest BCUT2D eigenvalue weighted by Gasteiger charge is -2.19. The maximum absolute atomic E-state index is 11.5. The molecule has 0 fully saturated rings. The molecule has 1 aromatic carbocycles. The lowest BCUT2D eigenvalue weighted by atomic mass is 10.1. The summed E-state index contributed by atoms with van der Waals surface area (Å²) in [5.41, 5.74) is 7.65. The molecule has 0 atom stereocenters. The molecule has 19 heavy (non-hydrogen) atoms. The predicted octanol–water partition coefficient (Wildman–Crippen LogP) is 1.63. The van der Waals surface area contributed by atoms with Gasteiger partial charge in [-0.1, -0.05) is 24.3 Å². The van der Waals surface area contributed by atoms with Crippen molar-refractivity contribution in [2.24, 2.45) is 5.73 Å². The third-order valence-electron chi connectivity index (χ3n) is 2.79. The second-order valence-corrected chi connectivity index (χ2v) is 5.04. The van der Waals surface area contributed by atoms with Crippen LogP contribution in [-0.4, -0.2) is 17.0 Å². The number of nitrogens with one attached hydrogen (secondary N) is 1. The minimum absolute atomic E-state index is 0.187. The molecule has 6 heteroatoms. The maximum atomic E-state index is 11.5. The van der Waals surface area contributed by atoms with Gasteiger partial charge in [-0.05, 0) is 27.1 Å². The van der Waals surface area contributed by atoms with E-state index >= 15 is 0 Å². The van der Waals surface area contributed by atoms with E-state index in [9.17, 15) is 4.79 Å². The Balaban J connectivity index is 2.23. The zero-order valence-corrected chi connectivity index (χ0v) is 12.1. The van der Waals surface area contributed by atoms with Crippen LogP contribution in [0.15, 0.2) is 39.9 Å². The molecule has 0 saturated heterocycles. The molecule has 100 valence electrons. The van der Waals surface area contributed by atoms with Gasteiger partial charge >= 0.3 is 0 Å². The third kappa shape index (κ3) is 3.21. The molecule has 0 aliphatic heterocycles. The van der Waals surface area contributed by atoms with Crippen LogP contribution in [0.5, 0.6) is 0 Å². The third-order valence-corrected chi connectivity index (χ3v) is 3.50. The molecule has 0 unspecified atom stereocenters. The number of nitrogens with zero attached hydrogens (tertiary/aromatic N) is 2. The number of H-pyrrole nitrogens is 1. The first-order valence-corrected chi connectivity index (χ1v) is 6.63. The molecular formula is C13H15BrN4O. The number of benzene rings is 1. The molecule has 5 nitrogen and oxygen atoms in total. The maximum Gasteiger partial charge on any atom is 0.267 e. The fourth-order valence-electron chi connectivity index (χ4n) is 1.84. The van der Waals surface area contributed by atoms with E-state index in [2.05, 4.69) is 32.0 Å². The highest BCUT2D eigenvalue weighted by molar-refractivity contribution is 9.10. The summed E-state index contributed by atoms with van der Waals surface area (Å²) in [7, 11) is 1.89. The Hall–Kier alpha value is -1.66. The van der Waals surface area contributed by atoms with Crippen LogP contribution in [0.25, 0.3) is 0 Å². The van der Waals surface area contributed by atoms with E-state index in [0.29, 0.717) is 23.4 Å². The number of aromatic nitrogens is 2. The van der Waals surface area contributed by atoms with Crippen LogP contribution in [0.1, 0.15) is 11.1 Å². The van der Waals surface area contributed by atoms with E-state index in [1.165, 1.54) is 6.33 Å². The van der Waals surface area contributed by atoms with Crippen molar-refractivity contribution >= 4 is 21.7 Å². The Morgan fingerprint density at radius 2 is 2.16 bits per heavy atom. The summed E-state index contributed by atoms with van der Waals surface area (Å²) in [5.74, 6) is 0.613. The molecule has 1 aromatic heterocycles. The van der Waals surface area contributed by atoms with Crippen molar-refractivity contribution in [3.05, 3.63) is 56.5 Å². The SMILES string of the molecule is CN(Cc1cccc(CN)c1)c1nc[nH]c(=O)c1Br. The zero-order valence-electron chi connectivity index (χ0n) is 10.6. The van der Waals surface area contributed by atoms with E-state index in [4.69, 9.17) is 5.73 Å². The van der Waals surface area contributed by atoms with Gasteiger partial charge in [-0.2, -0.15) is 0 Å². The summed E-state index contributed by atoms with van der Waals surface area (Å²) in [5, 5.41) is 0. The molecule has 0 radical (unpaired) electrons. The van der Waals surface area contributed by atoms with Gasteiger partial charge in [0.2, 0.25) is 0 Å². The monoisotopic (exact) mass is 322 g/mol. The number of hydrogen-bond acceptors (Lipinski definition) is 4. The van der Waals surface area contributed by atoms with Gasteiger partial charge in [-0.25, -0.2) is 4.98 Å². The highest BCUT2D eigenvalue weighted by Crippen LogP contribution is 2.19. The van der Waals surface area contributed by atoms with E-state index < -0.39 is 0 Å². The first-order chi connectivity index (χ1) is 9.11. The highest BCUT2D eigenvalue weighted by atomic mass is 79.9. The van der Waals surface area contributed by atoms with E-state index in [0.717, 1.165) is 11.1 Å². The highest BCUT2D eigenvalue weighted by Gasteiger charge is 2.10. The first-order valence-electron chi connectivity index (χ1n) is 5.84. The van der Waals surface area contributed by atoms with Crippen molar-refractivity contribution in [1.29, 1.82) is 0 Å². The van der Waals surface area contributed by atoms with Gasteiger partial charge in [0.15, 0.2) is 0 Å². The molecular weight excluding hydrogens is 308 g/mol. The average Bonchev–Trinajstić information content (AvgIpc) is 2.42. The first kappa shape index (κ1) is 13.8. The number of rotatable bonds is 4. The number of halogens is 1. The Morgan fingerprint density at radius 3 is 2.89 bits per heavy atom. The van der Waals surface area contributed by atoms with E-state index in [1.807, 2.05) is 30.1 Å². The second kappa shape index (κ2) is 5.99. The quantitative estimate of drug-likeness (QED) is 0.897. The van der Waals surface area contributed by atoms with Crippen molar-refractivity contribution in [3.63, 3.8) is 0 Å². The predicted molar refractivity (Wildman–Crippen MR) is 79.0 cm³/mol. The Morgan fingerprint density at radius 1 is 1.42 bits per heavy atom.